The van der Waals surface area contributed by atoms with Gasteiger partial charge >= 0.3 is 0 Å². The Kier molecular flexibility index (Phi) is 2.58. The van der Waals surface area contributed by atoms with Gasteiger partial charge in [-0.25, -0.2) is 0 Å². The summed E-state index contributed by atoms with van der Waals surface area (Å²) >= 11 is 4.64. The molecule has 0 amide bonds. The molecular weight excluding hydrogens is 204 g/mol. The molecule has 0 unspecified atom stereocenters. The monoisotopic (exact) mass is 214 g/mol. The highest BCUT2D eigenvalue weighted by Crippen LogP contribution is 2.29. The maximum Gasteiger partial charge on any atom is 0.0805 e. The molecule has 0 bridgehead atoms. The predicted octanol–water partition coefficient (Wildman–Crippen LogP) is 3.59. The Morgan fingerprint density at radius 1 is 1.40 bits per heavy atom. The van der Waals surface area contributed by atoms with Crippen molar-refractivity contribution in [3.05, 3.63) is 35.5 Å². The highest BCUT2D eigenvalue weighted by Gasteiger charge is 2.06. The molecule has 0 saturated carbocycles. The van der Waals surface area contributed by atoms with Gasteiger partial charge in [0.15, 0.2) is 0 Å². The summed E-state index contributed by atoms with van der Waals surface area (Å²) in [6.07, 6.45) is 1.79. The fourth-order valence-corrected chi connectivity index (χ4v) is 1.86. The first-order valence-corrected chi connectivity index (χ1v) is 5.07. The van der Waals surface area contributed by atoms with Crippen molar-refractivity contribution < 1.29 is 0 Å². The van der Waals surface area contributed by atoms with Crippen LogP contribution in [0.15, 0.2) is 29.4 Å². The average Bonchev–Trinajstić information content (AvgIpc) is 2.24. The number of rotatable bonds is 1. The Morgan fingerprint density at radius 2 is 2.20 bits per heavy atom. The summed E-state index contributed by atoms with van der Waals surface area (Å²) in [5.74, 6) is 0. The third-order valence-corrected chi connectivity index (χ3v) is 2.57. The minimum Gasteiger partial charge on any atom is -0.256 e. The van der Waals surface area contributed by atoms with Crippen molar-refractivity contribution in [1.29, 1.82) is 0 Å². The van der Waals surface area contributed by atoms with Crippen LogP contribution in [0.3, 0.4) is 0 Å². The van der Waals surface area contributed by atoms with Gasteiger partial charge in [-0.05, 0) is 49.3 Å². The Bertz CT molecular complexity index is 569. The Hall–Kier alpha value is -1.57. The maximum absolute atomic E-state index is 4.64. The molecule has 15 heavy (non-hydrogen) atoms. The number of aryl methyl sites for hydroxylation is 2. The molecule has 0 aliphatic heterocycles. The second kappa shape index (κ2) is 3.89. The van der Waals surface area contributed by atoms with E-state index in [0.717, 1.165) is 27.7 Å². The van der Waals surface area contributed by atoms with Gasteiger partial charge in [-0.2, -0.15) is 4.99 Å². The molecule has 74 valence electrons. The number of aliphatic imine (C=N–C) groups is 1. The Labute approximate surface area is 93.7 Å². The van der Waals surface area contributed by atoms with Crippen LogP contribution in [0, 0.1) is 13.8 Å². The fraction of sp³-hybridized carbons (Fsp3) is 0.167. The van der Waals surface area contributed by atoms with Gasteiger partial charge in [0.1, 0.15) is 0 Å². The first-order valence-electron chi connectivity index (χ1n) is 4.67. The van der Waals surface area contributed by atoms with Crippen molar-refractivity contribution in [2.45, 2.75) is 13.8 Å². The van der Waals surface area contributed by atoms with Gasteiger partial charge < -0.3 is 0 Å². The first-order chi connectivity index (χ1) is 7.24. The predicted molar refractivity (Wildman–Crippen MR) is 65.9 cm³/mol. The molecular formula is C12H10N2S. The van der Waals surface area contributed by atoms with E-state index in [1.54, 1.807) is 6.20 Å². The zero-order valence-corrected chi connectivity index (χ0v) is 9.43. The van der Waals surface area contributed by atoms with Crippen LogP contribution in [-0.2, 0) is 0 Å². The summed E-state index contributed by atoms with van der Waals surface area (Å²) in [6.45, 7) is 4.04. The standard InChI is InChI=1S/C12H10N2S/c1-8-6-11-10(4-3-5-13-11)9(2)12(8)14-7-15/h3-6H,1-2H3. The largest absolute Gasteiger partial charge is 0.256 e. The molecule has 2 aromatic rings. The molecule has 2 nitrogen and oxygen atoms in total. The number of thiocarbonyl (C=S) groups is 1. The summed E-state index contributed by atoms with van der Waals surface area (Å²) < 4.78 is 0. The molecule has 0 aliphatic rings. The van der Waals surface area contributed by atoms with E-state index in [9.17, 15) is 0 Å². The lowest BCUT2D eigenvalue weighted by atomic mass is 10.0. The zero-order valence-electron chi connectivity index (χ0n) is 8.61. The van der Waals surface area contributed by atoms with Gasteiger partial charge in [0.25, 0.3) is 0 Å². The Balaban J connectivity index is 2.89. The molecule has 1 aromatic carbocycles. The number of nitrogens with zero attached hydrogens (tertiary/aromatic N) is 2. The van der Waals surface area contributed by atoms with Gasteiger partial charge in [-0.15, -0.1) is 0 Å². The number of hydrogen-bond donors (Lipinski definition) is 0. The van der Waals surface area contributed by atoms with Crippen LogP contribution < -0.4 is 0 Å². The maximum atomic E-state index is 4.64. The van der Waals surface area contributed by atoms with Crippen LogP contribution in [0.25, 0.3) is 10.9 Å². The second-order valence-electron chi connectivity index (χ2n) is 3.44. The molecule has 0 saturated heterocycles. The second-order valence-corrected chi connectivity index (χ2v) is 3.62. The molecule has 0 fully saturated rings. The Morgan fingerprint density at radius 3 is 2.93 bits per heavy atom. The molecule has 0 spiro atoms. The van der Waals surface area contributed by atoms with Gasteiger partial charge in [0.05, 0.1) is 16.4 Å². The summed E-state index contributed by atoms with van der Waals surface area (Å²) in [5, 5.41) is 3.54. The van der Waals surface area contributed by atoms with Crippen LogP contribution in [0.5, 0.6) is 0 Å². The van der Waals surface area contributed by atoms with E-state index in [1.807, 2.05) is 32.0 Å². The highest BCUT2D eigenvalue weighted by atomic mass is 32.1. The normalized spacial score (nSPS) is 10.0. The molecule has 0 radical (unpaired) electrons. The van der Waals surface area contributed by atoms with Crippen molar-refractivity contribution in [3.63, 3.8) is 0 Å². The third-order valence-electron chi connectivity index (χ3n) is 2.48. The van der Waals surface area contributed by atoms with Gasteiger partial charge in [-0.1, -0.05) is 6.07 Å². The SMILES string of the molecule is Cc1cc2ncccc2c(C)c1N=C=S. The average molecular weight is 214 g/mol. The highest BCUT2D eigenvalue weighted by molar-refractivity contribution is 7.78. The topological polar surface area (TPSA) is 25.2 Å². The minimum absolute atomic E-state index is 0.908. The van der Waals surface area contributed by atoms with Crippen molar-refractivity contribution in [3.8, 4) is 0 Å². The number of benzene rings is 1. The van der Waals surface area contributed by atoms with E-state index < -0.39 is 0 Å². The number of pyridine rings is 1. The molecule has 1 aromatic heterocycles. The van der Waals surface area contributed by atoms with Crippen molar-refractivity contribution in [2.24, 2.45) is 4.99 Å². The molecule has 0 N–H and O–H groups in total. The molecule has 3 heteroatoms. The lowest BCUT2D eigenvalue weighted by molar-refractivity contribution is 1.33. The van der Waals surface area contributed by atoms with E-state index >= 15 is 0 Å². The molecule has 0 atom stereocenters. The number of isothiocyanates is 1. The molecule has 2 rings (SSSR count). The number of fused-ring (bicyclic) bond motifs is 1. The summed E-state index contributed by atoms with van der Waals surface area (Å²) in [4.78, 5) is 8.41. The first kappa shape index (κ1) is 9.97. The summed E-state index contributed by atoms with van der Waals surface area (Å²) in [5.41, 5.74) is 4.09. The van der Waals surface area contributed by atoms with E-state index in [0.29, 0.717) is 0 Å². The van der Waals surface area contributed by atoms with Crippen LogP contribution >= 0.6 is 12.2 Å². The van der Waals surface area contributed by atoms with E-state index in [-0.39, 0.29) is 0 Å². The van der Waals surface area contributed by atoms with E-state index in [2.05, 4.69) is 27.4 Å². The third kappa shape index (κ3) is 1.67. The lowest BCUT2D eigenvalue weighted by Crippen LogP contribution is -1.86. The smallest absolute Gasteiger partial charge is 0.0805 e. The van der Waals surface area contributed by atoms with E-state index in [4.69, 9.17) is 0 Å². The number of hydrogen-bond acceptors (Lipinski definition) is 3. The van der Waals surface area contributed by atoms with E-state index in [1.165, 1.54) is 0 Å². The molecule has 1 heterocycles. The van der Waals surface area contributed by atoms with Crippen molar-refractivity contribution in [1.82, 2.24) is 4.98 Å². The lowest BCUT2D eigenvalue weighted by Gasteiger charge is -2.07. The van der Waals surface area contributed by atoms with Crippen LogP contribution in [0.1, 0.15) is 11.1 Å². The van der Waals surface area contributed by atoms with Gasteiger partial charge in [0.2, 0.25) is 0 Å². The van der Waals surface area contributed by atoms with Gasteiger partial charge in [0, 0.05) is 11.6 Å². The quantitative estimate of drug-likeness (QED) is 0.535. The minimum atomic E-state index is 0.908. The van der Waals surface area contributed by atoms with Crippen molar-refractivity contribution in [2.75, 3.05) is 0 Å². The van der Waals surface area contributed by atoms with Crippen LogP contribution in [0.4, 0.5) is 5.69 Å². The van der Waals surface area contributed by atoms with Crippen LogP contribution in [-0.4, -0.2) is 10.1 Å². The number of aromatic nitrogens is 1. The fourth-order valence-electron chi connectivity index (χ4n) is 1.76. The zero-order chi connectivity index (χ0) is 10.8. The molecule has 0 aliphatic carbocycles. The summed E-state index contributed by atoms with van der Waals surface area (Å²) in [6, 6.07) is 5.99. The van der Waals surface area contributed by atoms with Crippen molar-refractivity contribution >= 4 is 34.0 Å². The summed E-state index contributed by atoms with van der Waals surface area (Å²) in [7, 11) is 0. The van der Waals surface area contributed by atoms with Crippen LogP contribution in [0.2, 0.25) is 0 Å². The van der Waals surface area contributed by atoms with Gasteiger partial charge in [-0.3, -0.25) is 4.98 Å².